The highest BCUT2D eigenvalue weighted by Crippen LogP contribution is 2.45. The Morgan fingerprint density at radius 1 is 0.912 bits per heavy atom. The number of amides is 4. The maximum Gasteiger partial charge on any atom is 0.586 e. The van der Waals surface area contributed by atoms with Gasteiger partial charge >= 0.3 is 18.4 Å². The first-order chi connectivity index (χ1) is 26.9. The van der Waals surface area contributed by atoms with Crippen LogP contribution in [0.2, 0.25) is 0 Å². The van der Waals surface area contributed by atoms with Gasteiger partial charge in [-0.2, -0.15) is 0 Å². The Morgan fingerprint density at radius 3 is 2.12 bits per heavy atom. The number of hydrogen-bond donors (Lipinski definition) is 1. The second-order valence-corrected chi connectivity index (χ2v) is 14.6. The van der Waals surface area contributed by atoms with E-state index in [9.17, 15) is 33.1 Å². The molecule has 16 heteroatoms. The summed E-state index contributed by atoms with van der Waals surface area (Å²) in [5, 5.41) is 16.0. The largest absolute Gasteiger partial charge is 0.586 e. The first-order valence-corrected chi connectivity index (χ1v) is 17.9. The van der Waals surface area contributed by atoms with Crippen molar-refractivity contribution in [2.75, 3.05) is 19.1 Å². The number of pyridine rings is 1. The summed E-state index contributed by atoms with van der Waals surface area (Å²) in [6, 6.07) is 18.6. The number of alkyl halides is 2. The van der Waals surface area contributed by atoms with Crippen molar-refractivity contribution in [2.24, 2.45) is 5.92 Å². The van der Waals surface area contributed by atoms with Gasteiger partial charge in [-0.05, 0) is 105 Å². The van der Waals surface area contributed by atoms with Crippen LogP contribution in [0, 0.1) is 5.92 Å². The molecule has 2 aliphatic heterocycles. The van der Waals surface area contributed by atoms with E-state index in [0.717, 1.165) is 5.56 Å². The average Bonchev–Trinajstić information content (AvgIpc) is 3.48. The van der Waals surface area contributed by atoms with Gasteiger partial charge in [0, 0.05) is 12.6 Å². The number of nitrogens with zero attached hydrogens (tertiary/aromatic N) is 3. The number of carboxylic acids is 1. The number of benzene rings is 3. The van der Waals surface area contributed by atoms with Gasteiger partial charge in [0.05, 0.1) is 38.7 Å². The second-order valence-electron chi connectivity index (χ2n) is 14.6. The van der Waals surface area contributed by atoms with Crippen molar-refractivity contribution >= 4 is 29.8 Å². The molecule has 14 nitrogen and oxygen atoms in total. The maximum absolute atomic E-state index is 14.1. The van der Waals surface area contributed by atoms with E-state index < -0.39 is 53.4 Å². The molecule has 1 saturated heterocycles. The molecule has 57 heavy (non-hydrogen) atoms. The molecule has 3 atom stereocenters. The normalized spacial score (nSPS) is 18.6. The van der Waals surface area contributed by atoms with Crippen molar-refractivity contribution in [1.82, 2.24) is 15.2 Å². The standard InChI is InChI=1S/C41H42F2N4O10/c1-24(28-11-16-32-33(21-28)56-41(42,43)55-32)45-37(51)47-35(48)31(40(47,36(49)50)22-25-7-12-29(53-5)13-8-25)19-27-17-18-44-34(20-27)46(38(52)57-39(2,3)4)23-26-9-14-30(54-6)15-10-26/h7-18,20-21,24,31H,19,22-23H2,1-6H3,(H,45,51)(H,49,50)/p-1/t24-,31+,40+/m1/s1. The van der Waals surface area contributed by atoms with E-state index in [0.29, 0.717) is 33.1 Å². The fraction of sp³-hybridized carbons (Fsp3) is 0.341. The topological polar surface area (TPSA) is 169 Å². The van der Waals surface area contributed by atoms with Gasteiger partial charge in [0.1, 0.15) is 28.5 Å². The van der Waals surface area contributed by atoms with Crippen LogP contribution in [0.3, 0.4) is 0 Å². The lowest BCUT2D eigenvalue weighted by molar-refractivity contribution is -0.324. The van der Waals surface area contributed by atoms with Crippen molar-refractivity contribution in [3.8, 4) is 23.0 Å². The molecule has 1 aromatic heterocycles. The first-order valence-electron chi connectivity index (χ1n) is 17.9. The Bertz CT molecular complexity index is 2160. The molecule has 6 rings (SSSR count). The monoisotopic (exact) mass is 787 g/mol. The third-order valence-electron chi connectivity index (χ3n) is 9.59. The molecule has 1 N–H and O–H groups in total. The van der Waals surface area contributed by atoms with E-state index in [4.69, 9.17) is 14.2 Å². The number of imide groups is 1. The number of fused-ring (bicyclic) bond motifs is 1. The van der Waals surface area contributed by atoms with E-state index >= 15 is 0 Å². The Hall–Kier alpha value is -6.45. The second kappa shape index (κ2) is 15.6. The van der Waals surface area contributed by atoms with Gasteiger partial charge in [0.15, 0.2) is 11.5 Å². The molecule has 4 aromatic rings. The number of nitrogens with one attached hydrogen (secondary N) is 1. The number of aromatic nitrogens is 1. The number of hydrogen-bond acceptors (Lipinski definition) is 11. The van der Waals surface area contributed by atoms with Gasteiger partial charge in [-0.25, -0.2) is 14.6 Å². The summed E-state index contributed by atoms with van der Waals surface area (Å²) in [6.07, 6.45) is -3.63. The Morgan fingerprint density at radius 2 is 1.53 bits per heavy atom. The van der Waals surface area contributed by atoms with Crippen LogP contribution in [-0.2, 0) is 33.7 Å². The molecule has 300 valence electrons. The van der Waals surface area contributed by atoms with Crippen LogP contribution < -0.4 is 34.3 Å². The predicted octanol–water partition coefficient (Wildman–Crippen LogP) is 5.57. The molecular weight excluding hydrogens is 746 g/mol. The van der Waals surface area contributed by atoms with E-state index in [1.54, 1.807) is 81.4 Å². The third-order valence-corrected chi connectivity index (χ3v) is 9.59. The van der Waals surface area contributed by atoms with E-state index in [1.807, 2.05) is 0 Å². The number of carboxylic acid groups (broad SMARTS) is 1. The number of halogens is 2. The molecule has 0 radical (unpaired) electrons. The maximum atomic E-state index is 14.1. The average molecular weight is 788 g/mol. The zero-order chi connectivity index (χ0) is 41.3. The molecule has 0 aliphatic carbocycles. The van der Waals surface area contributed by atoms with E-state index in [1.165, 1.54) is 50.4 Å². The van der Waals surface area contributed by atoms with Crippen molar-refractivity contribution in [2.45, 2.75) is 70.6 Å². The molecule has 1 fully saturated rings. The number of carbonyl (C=O) groups is 4. The number of anilines is 1. The minimum absolute atomic E-state index is 0.0517. The van der Waals surface area contributed by atoms with Crippen LogP contribution in [0.15, 0.2) is 85.1 Å². The lowest BCUT2D eigenvalue weighted by atomic mass is 9.67. The van der Waals surface area contributed by atoms with Gasteiger partial charge in [0.25, 0.3) is 0 Å². The number of rotatable bonds is 12. The van der Waals surface area contributed by atoms with Gasteiger partial charge in [0.2, 0.25) is 5.91 Å². The molecular formula is C41H41F2N4O10-. The van der Waals surface area contributed by atoms with Crippen LogP contribution in [0.4, 0.5) is 24.2 Å². The molecule has 2 aliphatic rings. The molecule has 3 heterocycles. The predicted molar refractivity (Wildman–Crippen MR) is 198 cm³/mol. The van der Waals surface area contributed by atoms with Crippen molar-refractivity contribution < 1.29 is 56.7 Å². The number of likely N-dealkylation sites (tertiary alicyclic amines) is 1. The Balaban J connectivity index is 1.31. The fourth-order valence-corrected chi connectivity index (χ4v) is 6.75. The lowest BCUT2D eigenvalue weighted by Gasteiger charge is -2.57. The van der Waals surface area contributed by atoms with Gasteiger partial charge in [-0.1, -0.05) is 30.3 Å². The van der Waals surface area contributed by atoms with Gasteiger partial charge in [-0.3, -0.25) is 14.6 Å². The minimum Gasteiger partial charge on any atom is -0.548 e. The summed E-state index contributed by atoms with van der Waals surface area (Å²) in [4.78, 5) is 61.3. The van der Waals surface area contributed by atoms with Gasteiger partial charge < -0.3 is 38.9 Å². The molecule has 0 bridgehead atoms. The number of β-lactam (4-membered cyclic amide) rings is 1. The van der Waals surface area contributed by atoms with Crippen LogP contribution in [-0.4, -0.2) is 65.5 Å². The van der Waals surface area contributed by atoms with E-state index in [2.05, 4.69) is 19.8 Å². The van der Waals surface area contributed by atoms with Crippen LogP contribution >= 0.6 is 0 Å². The molecule has 0 spiro atoms. The zero-order valence-electron chi connectivity index (χ0n) is 32.0. The summed E-state index contributed by atoms with van der Waals surface area (Å²) in [5.41, 5.74) is -1.09. The number of urea groups is 1. The van der Waals surface area contributed by atoms with Crippen molar-refractivity contribution in [3.63, 3.8) is 0 Å². The van der Waals surface area contributed by atoms with Crippen molar-refractivity contribution in [1.29, 1.82) is 0 Å². The highest BCUT2D eigenvalue weighted by molar-refractivity contribution is 6.10. The van der Waals surface area contributed by atoms with E-state index in [-0.39, 0.29) is 36.7 Å². The third kappa shape index (κ3) is 8.54. The number of ether oxygens (including phenoxy) is 5. The summed E-state index contributed by atoms with van der Waals surface area (Å²) in [5.74, 6) is -2.96. The number of aliphatic carboxylic acids is 1. The van der Waals surface area contributed by atoms with Crippen molar-refractivity contribution in [3.05, 3.63) is 107 Å². The lowest BCUT2D eigenvalue weighted by Crippen LogP contribution is -2.80. The Kier molecular flexibility index (Phi) is 11.0. The molecule has 0 saturated carbocycles. The number of carbonyl (C=O) groups excluding carboxylic acids is 4. The molecule has 3 aromatic carbocycles. The Labute approximate surface area is 327 Å². The summed E-state index contributed by atoms with van der Waals surface area (Å²) < 4.78 is 52.5. The minimum atomic E-state index is -3.86. The summed E-state index contributed by atoms with van der Waals surface area (Å²) >= 11 is 0. The SMILES string of the molecule is COc1ccc(CN(C(=O)OC(C)(C)C)c2cc(C[C@H]3C(=O)N(C(=O)N[C@H](C)c4ccc5c(c4)OC(F)(F)O5)[C@]3(Cc3ccc(OC)cc3)C(=O)[O-])ccn2)cc1. The summed E-state index contributed by atoms with van der Waals surface area (Å²) in [7, 11) is 3.01. The zero-order valence-corrected chi connectivity index (χ0v) is 32.0. The highest BCUT2D eigenvalue weighted by Gasteiger charge is 2.63. The van der Waals surface area contributed by atoms with Crippen LogP contribution in [0.5, 0.6) is 23.0 Å². The van der Waals surface area contributed by atoms with Crippen LogP contribution in [0.25, 0.3) is 0 Å². The van der Waals surface area contributed by atoms with Gasteiger partial charge in [-0.15, -0.1) is 8.78 Å². The fourth-order valence-electron chi connectivity index (χ4n) is 6.75. The quantitative estimate of drug-likeness (QED) is 0.178. The highest BCUT2D eigenvalue weighted by atomic mass is 19.3. The summed E-state index contributed by atoms with van der Waals surface area (Å²) in [6.45, 7) is 6.76. The molecule has 0 unspecified atom stereocenters. The molecule has 4 amide bonds. The smallest absolute Gasteiger partial charge is 0.548 e. The van der Waals surface area contributed by atoms with Crippen LogP contribution in [0.1, 0.15) is 56.0 Å². The first kappa shape index (κ1) is 40.2. The number of methoxy groups -OCH3 is 2.